The highest BCUT2D eigenvalue weighted by molar-refractivity contribution is 6.26. The molecule has 4 aliphatic carbocycles. The van der Waals surface area contributed by atoms with Crippen LogP contribution in [0.2, 0.25) is 0 Å². The van der Waals surface area contributed by atoms with Crippen LogP contribution >= 0.6 is 11.6 Å². The molecule has 6 heteroatoms. The fraction of sp³-hybridized carbons (Fsp3) is 0.741. The molecule has 0 aromatic heterocycles. The minimum atomic E-state index is -0.922. The molecule has 33 heavy (non-hydrogen) atoms. The van der Waals surface area contributed by atoms with Gasteiger partial charge in [-0.2, -0.15) is 0 Å². The molecule has 2 N–H and O–H groups in total. The van der Waals surface area contributed by atoms with Crippen molar-refractivity contribution in [3.63, 3.8) is 0 Å². The maximum absolute atomic E-state index is 13.4. The number of aliphatic carboxylic acids is 1. The van der Waals surface area contributed by atoms with Crippen molar-refractivity contribution in [3.05, 3.63) is 23.8 Å². The highest BCUT2D eigenvalue weighted by Crippen LogP contribution is 2.74. The Morgan fingerprint density at radius 2 is 1.91 bits per heavy atom. The van der Waals surface area contributed by atoms with E-state index in [-0.39, 0.29) is 35.7 Å². The molecular weight excluding hydrogens is 440 g/mol. The summed E-state index contributed by atoms with van der Waals surface area (Å²) < 4.78 is 0. The van der Waals surface area contributed by atoms with Gasteiger partial charge in [0.25, 0.3) is 0 Å². The van der Waals surface area contributed by atoms with E-state index in [2.05, 4.69) is 20.8 Å². The zero-order chi connectivity index (χ0) is 24.4. The standard InChI is InChI=1S/C27H37ClO5/c1-16-13-21-20-9-8-18-14-19(30)10-12-24(18,3)27(20,28)22(31)15-25(21,4)26(16,17(2)29)11-6-5-7-23(32)33/h10,12,14,16,20-22,31H,5-9,11,13,15H2,1-4H3,(H,32,33)/t16-,20-,21-,22-,24-,25-,26+,27-/m0/s1. The van der Waals surface area contributed by atoms with Gasteiger partial charge >= 0.3 is 5.97 Å². The molecule has 5 nitrogen and oxygen atoms in total. The van der Waals surface area contributed by atoms with Crippen LogP contribution in [0.1, 0.15) is 79.1 Å². The second kappa shape index (κ2) is 8.05. The van der Waals surface area contributed by atoms with Crippen LogP contribution in [0.15, 0.2) is 23.8 Å². The van der Waals surface area contributed by atoms with Gasteiger partial charge in [-0.25, -0.2) is 0 Å². The van der Waals surface area contributed by atoms with Crippen molar-refractivity contribution < 1.29 is 24.6 Å². The number of rotatable bonds is 6. The number of aliphatic hydroxyl groups is 1. The average molecular weight is 477 g/mol. The molecule has 182 valence electrons. The van der Waals surface area contributed by atoms with Crippen molar-refractivity contribution >= 4 is 29.1 Å². The summed E-state index contributed by atoms with van der Waals surface area (Å²) in [7, 11) is 0. The molecule has 0 bridgehead atoms. The Morgan fingerprint density at radius 1 is 1.21 bits per heavy atom. The number of alkyl halides is 1. The molecule has 0 aromatic rings. The van der Waals surface area contributed by atoms with E-state index in [1.165, 1.54) is 0 Å². The van der Waals surface area contributed by atoms with E-state index in [0.29, 0.717) is 25.7 Å². The zero-order valence-corrected chi connectivity index (χ0v) is 21.0. The molecule has 0 aliphatic heterocycles. The van der Waals surface area contributed by atoms with Crippen molar-refractivity contribution in [2.45, 2.75) is 90.0 Å². The van der Waals surface area contributed by atoms with Gasteiger partial charge < -0.3 is 10.2 Å². The molecule has 4 aliphatic rings. The summed E-state index contributed by atoms with van der Waals surface area (Å²) in [6.07, 6.45) is 9.22. The third kappa shape index (κ3) is 3.17. The topological polar surface area (TPSA) is 91.7 Å². The van der Waals surface area contributed by atoms with Crippen LogP contribution in [-0.4, -0.2) is 38.7 Å². The number of carboxylic acids is 1. The van der Waals surface area contributed by atoms with Gasteiger partial charge in [-0.05, 0) is 80.8 Å². The number of unbranched alkanes of at least 4 members (excludes halogenated alkanes) is 1. The maximum atomic E-state index is 13.4. The van der Waals surface area contributed by atoms with Gasteiger partial charge in [0, 0.05) is 17.3 Å². The minimum Gasteiger partial charge on any atom is -0.481 e. The van der Waals surface area contributed by atoms with E-state index < -0.39 is 33.2 Å². The number of hydrogen-bond donors (Lipinski definition) is 2. The molecule has 0 spiro atoms. The highest BCUT2D eigenvalue weighted by Gasteiger charge is 2.73. The first kappa shape index (κ1) is 24.7. The van der Waals surface area contributed by atoms with E-state index in [4.69, 9.17) is 16.7 Å². The second-order valence-electron chi connectivity index (χ2n) is 11.5. The van der Waals surface area contributed by atoms with Gasteiger partial charge in [0.05, 0.1) is 11.0 Å². The van der Waals surface area contributed by atoms with Crippen molar-refractivity contribution in [3.8, 4) is 0 Å². The minimum absolute atomic E-state index is 0.0237. The molecule has 0 saturated heterocycles. The molecule has 0 radical (unpaired) electrons. The summed E-state index contributed by atoms with van der Waals surface area (Å²) in [4.78, 5) is 35.5. The molecule has 0 aromatic carbocycles. The first-order valence-corrected chi connectivity index (χ1v) is 12.8. The fourth-order valence-corrected chi connectivity index (χ4v) is 9.31. The Morgan fingerprint density at radius 3 is 2.55 bits per heavy atom. The second-order valence-corrected chi connectivity index (χ2v) is 12.2. The molecule has 3 fully saturated rings. The van der Waals surface area contributed by atoms with Crippen LogP contribution in [-0.2, 0) is 14.4 Å². The predicted octanol–water partition coefficient (Wildman–Crippen LogP) is 5.09. The molecule has 0 amide bonds. The van der Waals surface area contributed by atoms with Crippen molar-refractivity contribution in [1.29, 1.82) is 0 Å². The molecule has 0 unspecified atom stereocenters. The van der Waals surface area contributed by atoms with Crippen LogP contribution in [0.4, 0.5) is 0 Å². The fourth-order valence-electron chi connectivity index (χ4n) is 8.79. The van der Waals surface area contributed by atoms with Crippen LogP contribution < -0.4 is 0 Å². The normalized spacial score (nSPS) is 46.2. The van der Waals surface area contributed by atoms with E-state index in [0.717, 1.165) is 24.8 Å². The SMILES string of the molecule is CC(=O)[C@@]1(CCCCC(=O)O)[C@@H](C)C[C@H]2[C@@H]3CCC4=CC(=O)C=C[C@]4(C)[C@@]3(Cl)[C@@H](O)C[C@@]21C. The van der Waals surface area contributed by atoms with Gasteiger partial charge in [-0.3, -0.25) is 14.4 Å². The van der Waals surface area contributed by atoms with E-state index in [1.807, 2.05) is 6.08 Å². The van der Waals surface area contributed by atoms with Crippen LogP contribution in [0, 0.1) is 34.0 Å². The summed E-state index contributed by atoms with van der Waals surface area (Å²) >= 11 is 7.50. The largest absolute Gasteiger partial charge is 0.481 e. The Balaban J connectivity index is 1.74. The summed E-state index contributed by atoms with van der Waals surface area (Å²) in [5, 5.41) is 20.8. The van der Waals surface area contributed by atoms with Gasteiger partial charge in [0.2, 0.25) is 0 Å². The molecular formula is C27H37ClO5. The Hall–Kier alpha value is -1.46. The van der Waals surface area contributed by atoms with Gasteiger partial charge in [0.15, 0.2) is 5.78 Å². The number of allylic oxidation sites excluding steroid dienone is 4. The molecule has 3 saturated carbocycles. The van der Waals surface area contributed by atoms with E-state index in [1.54, 1.807) is 19.1 Å². The third-order valence-electron chi connectivity index (χ3n) is 10.3. The first-order chi connectivity index (χ1) is 15.3. The first-order valence-electron chi connectivity index (χ1n) is 12.4. The lowest BCUT2D eigenvalue weighted by atomic mass is 9.43. The summed E-state index contributed by atoms with van der Waals surface area (Å²) in [5.74, 6) is -0.349. The number of carbonyl (C=O) groups excluding carboxylic acids is 2. The highest BCUT2D eigenvalue weighted by atomic mass is 35.5. The van der Waals surface area contributed by atoms with E-state index in [9.17, 15) is 19.5 Å². The number of Topliss-reactive ketones (excluding diaryl/α,β-unsaturated/α-hetero) is 1. The summed E-state index contributed by atoms with van der Waals surface area (Å²) in [5.41, 5.74) is -0.597. The summed E-state index contributed by atoms with van der Waals surface area (Å²) in [6, 6.07) is 0. The average Bonchev–Trinajstić information content (AvgIpc) is 2.94. The molecule has 4 rings (SSSR count). The quantitative estimate of drug-likeness (QED) is 0.411. The smallest absolute Gasteiger partial charge is 0.303 e. The number of carboxylic acid groups (broad SMARTS) is 1. The predicted molar refractivity (Wildman–Crippen MR) is 127 cm³/mol. The Bertz CT molecular complexity index is 939. The molecule has 0 heterocycles. The molecule has 8 atom stereocenters. The Kier molecular flexibility index (Phi) is 6.01. The maximum Gasteiger partial charge on any atom is 0.303 e. The number of hydrogen-bond acceptors (Lipinski definition) is 4. The number of carbonyl (C=O) groups is 3. The Labute approximate surface area is 201 Å². The lowest BCUT2D eigenvalue weighted by Crippen LogP contribution is -2.67. The van der Waals surface area contributed by atoms with Gasteiger partial charge in [-0.1, -0.05) is 38.8 Å². The third-order valence-corrected chi connectivity index (χ3v) is 11.3. The monoisotopic (exact) mass is 476 g/mol. The van der Waals surface area contributed by atoms with Crippen LogP contribution in [0.25, 0.3) is 0 Å². The van der Waals surface area contributed by atoms with Gasteiger partial charge in [0.1, 0.15) is 5.78 Å². The number of aliphatic hydroxyl groups excluding tert-OH is 1. The lowest BCUT2D eigenvalue weighted by Gasteiger charge is -2.64. The zero-order valence-electron chi connectivity index (χ0n) is 20.2. The van der Waals surface area contributed by atoms with Crippen LogP contribution in [0.3, 0.4) is 0 Å². The number of ketones is 2. The van der Waals surface area contributed by atoms with Crippen molar-refractivity contribution in [1.82, 2.24) is 0 Å². The van der Waals surface area contributed by atoms with Crippen LogP contribution in [0.5, 0.6) is 0 Å². The number of halogens is 1. The van der Waals surface area contributed by atoms with Gasteiger partial charge in [-0.15, -0.1) is 11.6 Å². The summed E-state index contributed by atoms with van der Waals surface area (Å²) in [6.45, 7) is 8.05. The van der Waals surface area contributed by atoms with Crippen molar-refractivity contribution in [2.75, 3.05) is 0 Å². The van der Waals surface area contributed by atoms with Crippen molar-refractivity contribution in [2.24, 2.45) is 34.0 Å². The number of fused-ring (bicyclic) bond motifs is 5. The lowest BCUT2D eigenvalue weighted by molar-refractivity contribution is -0.154. The van der Waals surface area contributed by atoms with E-state index >= 15 is 0 Å².